The molecule has 0 spiro atoms. The van der Waals surface area contributed by atoms with Crippen molar-refractivity contribution in [3.8, 4) is 5.75 Å². The molecule has 0 aliphatic rings. The summed E-state index contributed by atoms with van der Waals surface area (Å²) in [6, 6.07) is 4.27. The Labute approximate surface area is 107 Å². The maximum atomic E-state index is 12.9. The van der Waals surface area contributed by atoms with Crippen molar-refractivity contribution in [3.05, 3.63) is 48.3 Å². The van der Waals surface area contributed by atoms with Crippen LogP contribution in [0, 0.1) is 11.6 Å². The molecule has 0 saturated carbocycles. The molecular weight excluding hydrogens is 256 g/mol. The minimum absolute atomic E-state index is 0.0679. The molecule has 0 saturated heterocycles. The van der Waals surface area contributed by atoms with Crippen LogP contribution in [0.1, 0.15) is 0 Å². The second-order valence-corrected chi connectivity index (χ2v) is 3.51. The molecule has 0 aliphatic heterocycles. The second kappa shape index (κ2) is 5.85. The van der Waals surface area contributed by atoms with Crippen molar-refractivity contribution in [1.82, 2.24) is 9.97 Å². The van der Waals surface area contributed by atoms with Gasteiger partial charge in [-0.25, -0.2) is 18.7 Å². The number of nitrogens with zero attached hydrogens (tertiary/aromatic N) is 2. The summed E-state index contributed by atoms with van der Waals surface area (Å²) >= 11 is 0. The lowest BCUT2D eigenvalue weighted by molar-refractivity contribution is -0.118. The third-order valence-corrected chi connectivity index (χ3v) is 2.02. The van der Waals surface area contributed by atoms with Gasteiger partial charge in [-0.2, -0.15) is 0 Å². The van der Waals surface area contributed by atoms with Crippen molar-refractivity contribution in [2.45, 2.75) is 0 Å². The molecule has 0 bridgehead atoms. The fraction of sp³-hybridized carbons (Fsp3) is 0.0833. The van der Waals surface area contributed by atoms with Gasteiger partial charge in [0.05, 0.1) is 0 Å². The van der Waals surface area contributed by atoms with Crippen molar-refractivity contribution in [2.75, 3.05) is 11.9 Å². The van der Waals surface area contributed by atoms with Crippen molar-refractivity contribution in [2.24, 2.45) is 0 Å². The van der Waals surface area contributed by atoms with Crippen LogP contribution >= 0.6 is 0 Å². The van der Waals surface area contributed by atoms with E-state index in [0.29, 0.717) is 6.07 Å². The zero-order valence-electron chi connectivity index (χ0n) is 9.64. The first-order valence-electron chi connectivity index (χ1n) is 5.29. The Morgan fingerprint density at radius 2 is 1.79 bits per heavy atom. The monoisotopic (exact) mass is 265 g/mol. The average Bonchev–Trinajstić information content (AvgIpc) is 2.36. The zero-order chi connectivity index (χ0) is 13.7. The normalized spacial score (nSPS) is 10.0. The highest BCUT2D eigenvalue weighted by Gasteiger charge is 2.07. The summed E-state index contributed by atoms with van der Waals surface area (Å²) in [6.45, 7) is -0.402. The zero-order valence-corrected chi connectivity index (χ0v) is 9.64. The maximum absolute atomic E-state index is 12.9. The topological polar surface area (TPSA) is 64.1 Å². The highest BCUT2D eigenvalue weighted by Crippen LogP contribution is 2.15. The van der Waals surface area contributed by atoms with Gasteiger partial charge in [-0.05, 0) is 6.07 Å². The molecule has 98 valence electrons. The van der Waals surface area contributed by atoms with Gasteiger partial charge in [0, 0.05) is 30.6 Å². The standard InChI is InChI=1S/C12H9F2N3O2/c13-8-4-9(14)6-10(5-8)19-7-11(18)17-12-15-2-1-3-16-12/h1-6H,7H2,(H,15,16,17,18). The van der Waals surface area contributed by atoms with Crippen LogP contribution in [-0.2, 0) is 4.79 Å². The first-order chi connectivity index (χ1) is 9.13. The van der Waals surface area contributed by atoms with Gasteiger partial charge >= 0.3 is 0 Å². The van der Waals surface area contributed by atoms with E-state index in [0.717, 1.165) is 12.1 Å². The van der Waals surface area contributed by atoms with Gasteiger partial charge < -0.3 is 4.74 Å². The largest absolute Gasteiger partial charge is 0.484 e. The van der Waals surface area contributed by atoms with Gasteiger partial charge in [0.1, 0.15) is 17.4 Å². The van der Waals surface area contributed by atoms with Gasteiger partial charge in [-0.3, -0.25) is 10.1 Å². The molecule has 0 aliphatic carbocycles. The lowest BCUT2D eigenvalue weighted by atomic mass is 10.3. The molecule has 2 aromatic rings. The molecule has 0 atom stereocenters. The Balaban J connectivity index is 1.90. The van der Waals surface area contributed by atoms with E-state index in [1.54, 1.807) is 6.07 Å². The molecule has 2 rings (SSSR count). The van der Waals surface area contributed by atoms with Gasteiger partial charge in [-0.1, -0.05) is 0 Å². The van der Waals surface area contributed by atoms with Crippen LogP contribution < -0.4 is 10.1 Å². The number of nitrogens with one attached hydrogen (secondary N) is 1. The van der Waals surface area contributed by atoms with E-state index in [4.69, 9.17) is 4.74 Å². The number of ether oxygens (including phenoxy) is 1. The Bertz CT molecular complexity index is 558. The molecule has 1 N–H and O–H groups in total. The molecule has 1 aromatic heterocycles. The van der Waals surface area contributed by atoms with E-state index in [1.165, 1.54) is 12.4 Å². The van der Waals surface area contributed by atoms with Crippen molar-refractivity contribution >= 4 is 11.9 Å². The first-order valence-corrected chi connectivity index (χ1v) is 5.29. The number of hydrogen-bond acceptors (Lipinski definition) is 4. The summed E-state index contributed by atoms with van der Waals surface area (Å²) in [7, 11) is 0. The number of rotatable bonds is 4. The summed E-state index contributed by atoms with van der Waals surface area (Å²) in [5.41, 5.74) is 0. The van der Waals surface area contributed by atoms with Gasteiger partial charge in [0.25, 0.3) is 5.91 Å². The van der Waals surface area contributed by atoms with E-state index in [-0.39, 0.29) is 11.7 Å². The van der Waals surface area contributed by atoms with Gasteiger partial charge in [0.2, 0.25) is 5.95 Å². The molecule has 0 unspecified atom stereocenters. The molecule has 1 amide bonds. The molecular formula is C12H9F2N3O2. The SMILES string of the molecule is O=C(COc1cc(F)cc(F)c1)Nc1ncccn1. The van der Waals surface area contributed by atoms with Gasteiger partial charge in [0.15, 0.2) is 6.61 Å². The number of halogens is 2. The molecule has 0 fully saturated rings. The third-order valence-electron chi connectivity index (χ3n) is 2.02. The number of carbonyl (C=O) groups excluding carboxylic acids is 1. The molecule has 0 radical (unpaired) electrons. The van der Waals surface area contributed by atoms with Crippen molar-refractivity contribution in [1.29, 1.82) is 0 Å². The van der Waals surface area contributed by atoms with Crippen molar-refractivity contribution in [3.63, 3.8) is 0 Å². The minimum atomic E-state index is -0.776. The molecule has 1 aromatic carbocycles. The molecule has 5 nitrogen and oxygen atoms in total. The summed E-state index contributed by atoms with van der Waals surface area (Å²) in [4.78, 5) is 19.0. The number of carbonyl (C=O) groups is 1. The Morgan fingerprint density at radius 1 is 1.16 bits per heavy atom. The fourth-order valence-corrected chi connectivity index (χ4v) is 1.29. The number of hydrogen-bond donors (Lipinski definition) is 1. The molecule has 7 heteroatoms. The van der Waals surface area contributed by atoms with E-state index in [9.17, 15) is 13.6 Å². The predicted molar refractivity (Wildman–Crippen MR) is 62.5 cm³/mol. The summed E-state index contributed by atoms with van der Waals surface area (Å²) < 4.78 is 30.7. The second-order valence-electron chi connectivity index (χ2n) is 3.51. The smallest absolute Gasteiger partial charge is 0.264 e. The maximum Gasteiger partial charge on any atom is 0.264 e. The highest BCUT2D eigenvalue weighted by molar-refractivity contribution is 5.90. The van der Waals surface area contributed by atoms with E-state index in [1.807, 2.05) is 0 Å². The summed E-state index contributed by atoms with van der Waals surface area (Å²) in [5.74, 6) is -2.03. The van der Waals surface area contributed by atoms with E-state index >= 15 is 0 Å². The Hall–Kier alpha value is -2.57. The van der Waals surface area contributed by atoms with Crippen LogP contribution in [0.15, 0.2) is 36.7 Å². The van der Waals surface area contributed by atoms with Gasteiger partial charge in [-0.15, -0.1) is 0 Å². The molecule has 19 heavy (non-hydrogen) atoms. The van der Waals surface area contributed by atoms with Crippen LogP contribution in [-0.4, -0.2) is 22.5 Å². The number of anilines is 1. The van der Waals surface area contributed by atoms with Crippen molar-refractivity contribution < 1.29 is 18.3 Å². The first kappa shape index (κ1) is 12.9. The van der Waals surface area contributed by atoms with E-state index < -0.39 is 24.1 Å². The highest BCUT2D eigenvalue weighted by atomic mass is 19.1. The average molecular weight is 265 g/mol. The number of aromatic nitrogens is 2. The summed E-state index contributed by atoms with van der Waals surface area (Å²) in [6.07, 6.45) is 2.93. The third kappa shape index (κ3) is 3.98. The van der Waals surface area contributed by atoms with Crippen LogP contribution in [0.2, 0.25) is 0 Å². The quantitative estimate of drug-likeness (QED) is 0.915. The predicted octanol–water partition coefficient (Wildman–Crippen LogP) is 1.77. The lowest BCUT2D eigenvalue weighted by Gasteiger charge is -2.06. The Kier molecular flexibility index (Phi) is 3.97. The lowest BCUT2D eigenvalue weighted by Crippen LogP contribution is -2.21. The van der Waals surface area contributed by atoms with Crippen LogP contribution in [0.3, 0.4) is 0 Å². The number of amides is 1. The fourth-order valence-electron chi connectivity index (χ4n) is 1.29. The van der Waals surface area contributed by atoms with Crippen LogP contribution in [0.4, 0.5) is 14.7 Å². The van der Waals surface area contributed by atoms with Crippen LogP contribution in [0.25, 0.3) is 0 Å². The summed E-state index contributed by atoms with van der Waals surface area (Å²) in [5, 5.41) is 2.37. The van der Waals surface area contributed by atoms with Crippen LogP contribution in [0.5, 0.6) is 5.75 Å². The minimum Gasteiger partial charge on any atom is -0.484 e. The van der Waals surface area contributed by atoms with E-state index in [2.05, 4.69) is 15.3 Å². The number of benzene rings is 1. The molecule has 1 heterocycles. The Morgan fingerprint density at radius 3 is 2.42 bits per heavy atom.